The van der Waals surface area contributed by atoms with Crippen LogP contribution in [-0.4, -0.2) is 30.3 Å². The summed E-state index contributed by atoms with van der Waals surface area (Å²) < 4.78 is 3.74. The van der Waals surface area contributed by atoms with Crippen molar-refractivity contribution in [2.75, 3.05) is 0 Å². The maximum absolute atomic E-state index is 12.3. The second-order valence-corrected chi connectivity index (χ2v) is 7.34. The van der Waals surface area contributed by atoms with Gasteiger partial charge in [0.25, 0.3) is 0 Å². The number of benzene rings is 1. The number of carbonyl (C=O) groups is 1. The molecule has 4 rings (SSSR count). The van der Waals surface area contributed by atoms with Crippen LogP contribution in [0.3, 0.4) is 0 Å². The highest BCUT2D eigenvalue weighted by atomic mass is 35.5. The van der Waals surface area contributed by atoms with Crippen LogP contribution in [0.4, 0.5) is 0 Å². The number of aromatic nitrogens is 5. The summed E-state index contributed by atoms with van der Waals surface area (Å²) in [6, 6.07) is 13.4. The molecular formula is C22H21ClN6O. The number of hydrogen-bond acceptors (Lipinski definition) is 4. The van der Waals surface area contributed by atoms with E-state index in [-0.39, 0.29) is 12.5 Å². The van der Waals surface area contributed by atoms with Gasteiger partial charge in [-0.2, -0.15) is 5.10 Å². The zero-order chi connectivity index (χ0) is 21.1. The molecule has 0 radical (unpaired) electrons. The number of nitrogens with zero attached hydrogens (tertiary/aromatic N) is 5. The highest BCUT2D eigenvalue weighted by Crippen LogP contribution is 2.20. The molecule has 1 aromatic carbocycles. The number of aryl methyl sites for hydroxylation is 1. The highest BCUT2D eigenvalue weighted by molar-refractivity contribution is 6.31. The average molecular weight is 421 g/mol. The van der Waals surface area contributed by atoms with Gasteiger partial charge in [-0.1, -0.05) is 35.9 Å². The molecule has 8 heteroatoms. The molecule has 0 fully saturated rings. The van der Waals surface area contributed by atoms with Crippen LogP contribution in [0.15, 0.2) is 54.7 Å². The second-order valence-electron chi connectivity index (χ2n) is 6.93. The molecule has 0 saturated heterocycles. The minimum absolute atomic E-state index is 0.208. The summed E-state index contributed by atoms with van der Waals surface area (Å²) in [6.45, 7) is 4.77. The first kappa shape index (κ1) is 19.8. The molecule has 0 atom stereocenters. The van der Waals surface area contributed by atoms with Crippen LogP contribution in [0, 0.1) is 13.8 Å². The Balaban J connectivity index is 1.44. The lowest BCUT2D eigenvalue weighted by Crippen LogP contribution is -2.21. The Morgan fingerprint density at radius 1 is 1.13 bits per heavy atom. The van der Waals surface area contributed by atoms with E-state index in [0.29, 0.717) is 17.4 Å². The van der Waals surface area contributed by atoms with Crippen molar-refractivity contribution in [1.29, 1.82) is 0 Å². The molecule has 0 bridgehead atoms. The SMILES string of the molecule is Cc1nn(Cc2ccccc2Cl)c(C)c1/C=C/C(=O)NCc1nnc2ccccn12. The van der Waals surface area contributed by atoms with Crippen LogP contribution in [0.1, 0.15) is 28.3 Å². The molecule has 4 aromatic rings. The first-order valence-corrected chi connectivity index (χ1v) is 9.92. The normalized spacial score (nSPS) is 11.4. The Hall–Kier alpha value is -3.45. The molecule has 0 saturated carbocycles. The number of amides is 1. The molecule has 7 nitrogen and oxygen atoms in total. The monoisotopic (exact) mass is 420 g/mol. The number of carbonyl (C=O) groups excluding carboxylic acids is 1. The van der Waals surface area contributed by atoms with Gasteiger partial charge in [0.2, 0.25) is 5.91 Å². The lowest BCUT2D eigenvalue weighted by molar-refractivity contribution is -0.116. The van der Waals surface area contributed by atoms with E-state index in [4.69, 9.17) is 11.6 Å². The van der Waals surface area contributed by atoms with Gasteiger partial charge >= 0.3 is 0 Å². The van der Waals surface area contributed by atoms with E-state index in [9.17, 15) is 4.79 Å². The summed E-state index contributed by atoms with van der Waals surface area (Å²) in [6.07, 6.45) is 5.17. The number of nitrogens with one attached hydrogen (secondary N) is 1. The smallest absolute Gasteiger partial charge is 0.244 e. The quantitative estimate of drug-likeness (QED) is 0.484. The largest absolute Gasteiger partial charge is 0.345 e. The van der Waals surface area contributed by atoms with E-state index >= 15 is 0 Å². The third-order valence-corrected chi connectivity index (χ3v) is 5.29. The summed E-state index contributed by atoms with van der Waals surface area (Å²) in [7, 11) is 0. The molecular weight excluding hydrogens is 400 g/mol. The molecule has 0 spiro atoms. The van der Waals surface area contributed by atoms with Crippen molar-refractivity contribution in [2.24, 2.45) is 0 Å². The van der Waals surface area contributed by atoms with Gasteiger partial charge in [-0.05, 0) is 43.7 Å². The zero-order valence-electron chi connectivity index (χ0n) is 16.7. The standard InChI is InChI=1S/C22H21ClN6O/c1-15-18(16(2)29(27-15)14-17-7-3-4-8-19(17)23)10-11-22(30)24-13-21-26-25-20-9-5-6-12-28(20)21/h3-12H,13-14H2,1-2H3,(H,24,30)/b11-10+. The van der Waals surface area contributed by atoms with E-state index < -0.39 is 0 Å². The Morgan fingerprint density at radius 2 is 1.93 bits per heavy atom. The van der Waals surface area contributed by atoms with Crippen LogP contribution >= 0.6 is 11.6 Å². The molecule has 0 aliphatic heterocycles. The van der Waals surface area contributed by atoms with Crippen molar-refractivity contribution < 1.29 is 4.79 Å². The van der Waals surface area contributed by atoms with Crippen molar-refractivity contribution >= 4 is 29.2 Å². The van der Waals surface area contributed by atoms with Gasteiger partial charge in [-0.3, -0.25) is 13.9 Å². The zero-order valence-corrected chi connectivity index (χ0v) is 17.5. The number of halogens is 1. The van der Waals surface area contributed by atoms with Gasteiger partial charge in [0.05, 0.1) is 18.8 Å². The molecule has 3 aromatic heterocycles. The predicted octanol–water partition coefficient (Wildman–Crippen LogP) is 3.57. The molecule has 0 unspecified atom stereocenters. The third kappa shape index (κ3) is 4.11. The lowest BCUT2D eigenvalue weighted by Gasteiger charge is -2.06. The van der Waals surface area contributed by atoms with Crippen molar-refractivity contribution in [3.05, 3.63) is 88.1 Å². The minimum Gasteiger partial charge on any atom is -0.345 e. The predicted molar refractivity (Wildman–Crippen MR) is 116 cm³/mol. The fourth-order valence-corrected chi connectivity index (χ4v) is 3.48. The average Bonchev–Trinajstić information content (AvgIpc) is 3.27. The van der Waals surface area contributed by atoms with Crippen LogP contribution < -0.4 is 5.32 Å². The summed E-state index contributed by atoms with van der Waals surface area (Å²) >= 11 is 6.27. The molecule has 3 heterocycles. The summed E-state index contributed by atoms with van der Waals surface area (Å²) in [5, 5.41) is 16.4. The van der Waals surface area contributed by atoms with E-state index in [1.54, 1.807) is 6.08 Å². The van der Waals surface area contributed by atoms with Crippen molar-refractivity contribution in [2.45, 2.75) is 26.9 Å². The lowest BCUT2D eigenvalue weighted by atomic mass is 10.1. The number of rotatable bonds is 6. The summed E-state index contributed by atoms with van der Waals surface area (Å²) in [5.41, 5.74) is 4.49. The highest BCUT2D eigenvalue weighted by Gasteiger charge is 2.11. The number of fused-ring (bicyclic) bond motifs is 1. The summed E-state index contributed by atoms with van der Waals surface area (Å²) in [4.78, 5) is 12.3. The molecule has 0 aliphatic carbocycles. The first-order chi connectivity index (χ1) is 14.5. The van der Waals surface area contributed by atoms with E-state index in [1.807, 2.05) is 71.6 Å². The van der Waals surface area contributed by atoms with Crippen LogP contribution in [0.5, 0.6) is 0 Å². The van der Waals surface area contributed by atoms with Crippen LogP contribution in [0.25, 0.3) is 11.7 Å². The van der Waals surface area contributed by atoms with Gasteiger partial charge in [-0.15, -0.1) is 10.2 Å². The number of pyridine rings is 1. The van der Waals surface area contributed by atoms with Gasteiger partial charge in [0, 0.05) is 28.6 Å². The second kappa shape index (κ2) is 8.51. The molecule has 30 heavy (non-hydrogen) atoms. The van der Waals surface area contributed by atoms with E-state index in [2.05, 4.69) is 20.6 Å². The molecule has 0 aliphatic rings. The van der Waals surface area contributed by atoms with E-state index in [1.165, 1.54) is 6.08 Å². The van der Waals surface area contributed by atoms with Crippen molar-refractivity contribution in [3.8, 4) is 0 Å². The maximum atomic E-state index is 12.3. The van der Waals surface area contributed by atoms with Gasteiger partial charge in [-0.25, -0.2) is 0 Å². The topological polar surface area (TPSA) is 77.1 Å². The summed E-state index contributed by atoms with van der Waals surface area (Å²) in [5.74, 6) is 0.465. The number of hydrogen-bond donors (Lipinski definition) is 1. The van der Waals surface area contributed by atoms with Crippen LogP contribution in [0.2, 0.25) is 5.02 Å². The fraction of sp³-hybridized carbons (Fsp3) is 0.182. The molecule has 1 N–H and O–H groups in total. The Morgan fingerprint density at radius 3 is 2.77 bits per heavy atom. The fourth-order valence-electron chi connectivity index (χ4n) is 3.29. The molecule has 1 amide bonds. The molecule has 152 valence electrons. The van der Waals surface area contributed by atoms with Gasteiger partial charge in [0.1, 0.15) is 0 Å². The van der Waals surface area contributed by atoms with Crippen LogP contribution in [-0.2, 0) is 17.9 Å². The van der Waals surface area contributed by atoms with Gasteiger partial charge < -0.3 is 5.32 Å². The Bertz CT molecular complexity index is 1240. The van der Waals surface area contributed by atoms with E-state index in [0.717, 1.165) is 28.2 Å². The van der Waals surface area contributed by atoms with Gasteiger partial charge in [0.15, 0.2) is 11.5 Å². The first-order valence-electron chi connectivity index (χ1n) is 9.55. The van der Waals surface area contributed by atoms with Crippen molar-refractivity contribution in [3.63, 3.8) is 0 Å². The Kier molecular flexibility index (Phi) is 5.63. The maximum Gasteiger partial charge on any atom is 0.244 e. The Labute approximate surface area is 179 Å². The minimum atomic E-state index is -0.208. The third-order valence-electron chi connectivity index (χ3n) is 4.92. The van der Waals surface area contributed by atoms with Crippen molar-refractivity contribution in [1.82, 2.24) is 29.7 Å².